The number of hydrogen-bond donors (Lipinski definition) is 2. The quantitative estimate of drug-likeness (QED) is 0.618. The molecule has 2 rings (SSSR count). The highest BCUT2D eigenvalue weighted by atomic mass is 32.1. The maximum atomic E-state index is 5.37. The molecule has 3 N–H and O–H groups in total. The van der Waals surface area contributed by atoms with Gasteiger partial charge in [-0.05, 0) is 26.8 Å². The smallest absolute Gasteiger partial charge is 0.162 e. The number of aryl methyl sites for hydroxylation is 3. The number of thiophene rings is 1. The monoisotopic (exact) mass is 234 g/mol. The lowest BCUT2D eigenvalue weighted by Crippen LogP contribution is -2.09. The normalized spacial score (nSPS) is 10.5. The predicted molar refractivity (Wildman–Crippen MR) is 67.4 cm³/mol. The zero-order chi connectivity index (χ0) is 11.7. The number of nitrogens with two attached hydrogens (primary N) is 1. The van der Waals surface area contributed by atoms with Crippen LogP contribution in [0.3, 0.4) is 0 Å². The van der Waals surface area contributed by atoms with Crippen LogP contribution in [-0.2, 0) is 0 Å². The lowest BCUT2D eigenvalue weighted by atomic mass is 10.2. The number of anilines is 1. The van der Waals surface area contributed by atoms with Crippen LogP contribution in [0.2, 0.25) is 0 Å². The van der Waals surface area contributed by atoms with Gasteiger partial charge in [-0.25, -0.2) is 15.8 Å². The molecule has 4 nitrogen and oxygen atoms in total. The molecular weight excluding hydrogens is 220 g/mol. The van der Waals surface area contributed by atoms with Gasteiger partial charge in [0.25, 0.3) is 0 Å². The summed E-state index contributed by atoms with van der Waals surface area (Å²) in [5, 5.41) is 0. The van der Waals surface area contributed by atoms with Crippen molar-refractivity contribution in [2.24, 2.45) is 5.84 Å². The molecule has 0 aliphatic heterocycles. The van der Waals surface area contributed by atoms with E-state index in [0.29, 0.717) is 5.82 Å². The molecule has 2 aromatic heterocycles. The van der Waals surface area contributed by atoms with E-state index < -0.39 is 0 Å². The van der Waals surface area contributed by atoms with Gasteiger partial charge in [-0.1, -0.05) is 0 Å². The first kappa shape index (κ1) is 11.0. The molecule has 0 saturated heterocycles. The molecule has 0 radical (unpaired) electrons. The van der Waals surface area contributed by atoms with E-state index in [1.807, 2.05) is 13.0 Å². The van der Waals surface area contributed by atoms with Crippen molar-refractivity contribution < 1.29 is 0 Å². The molecule has 0 unspecified atom stereocenters. The fourth-order valence-corrected chi connectivity index (χ4v) is 2.54. The van der Waals surface area contributed by atoms with Crippen molar-refractivity contribution in [1.29, 1.82) is 0 Å². The first-order valence-corrected chi connectivity index (χ1v) is 5.81. The van der Waals surface area contributed by atoms with Gasteiger partial charge in [0, 0.05) is 27.1 Å². The highest BCUT2D eigenvalue weighted by molar-refractivity contribution is 7.12. The number of aromatic nitrogens is 2. The Hall–Kier alpha value is -1.46. The average Bonchev–Trinajstić information content (AvgIpc) is 2.57. The third-order valence-corrected chi connectivity index (χ3v) is 3.25. The molecule has 16 heavy (non-hydrogen) atoms. The van der Waals surface area contributed by atoms with E-state index in [4.69, 9.17) is 5.84 Å². The van der Waals surface area contributed by atoms with Crippen LogP contribution in [-0.4, -0.2) is 9.97 Å². The van der Waals surface area contributed by atoms with Gasteiger partial charge >= 0.3 is 0 Å². The molecule has 5 heteroatoms. The molecule has 0 spiro atoms. The second kappa shape index (κ2) is 4.19. The van der Waals surface area contributed by atoms with Crippen molar-refractivity contribution in [2.75, 3.05) is 5.43 Å². The standard InChI is InChI=1S/C11H14N4S/c1-6-4-10(15-12)14-11(13-6)9-5-7(2)16-8(9)3/h4-5H,12H2,1-3H3,(H,13,14,15). The third kappa shape index (κ3) is 2.05. The van der Waals surface area contributed by atoms with Crippen LogP contribution in [0, 0.1) is 20.8 Å². The van der Waals surface area contributed by atoms with Gasteiger partial charge in [-0.2, -0.15) is 0 Å². The second-order valence-electron chi connectivity index (χ2n) is 3.69. The van der Waals surface area contributed by atoms with Gasteiger partial charge in [-0.3, -0.25) is 0 Å². The molecule has 84 valence electrons. The van der Waals surface area contributed by atoms with Crippen LogP contribution in [0.15, 0.2) is 12.1 Å². The summed E-state index contributed by atoms with van der Waals surface area (Å²) in [5.74, 6) is 6.75. The number of hydrazine groups is 1. The molecule has 0 bridgehead atoms. The van der Waals surface area contributed by atoms with E-state index >= 15 is 0 Å². The van der Waals surface area contributed by atoms with Crippen molar-refractivity contribution >= 4 is 17.2 Å². The SMILES string of the molecule is Cc1cc(NN)nc(-c2cc(C)sc2C)n1. The molecule has 0 amide bonds. The number of nitrogen functional groups attached to an aromatic ring is 1. The van der Waals surface area contributed by atoms with Gasteiger partial charge in [0.15, 0.2) is 5.82 Å². The maximum absolute atomic E-state index is 5.37. The number of hydrogen-bond acceptors (Lipinski definition) is 5. The Labute approximate surface area is 98.5 Å². The van der Waals surface area contributed by atoms with E-state index in [9.17, 15) is 0 Å². The van der Waals surface area contributed by atoms with Gasteiger partial charge < -0.3 is 5.43 Å². The first-order valence-electron chi connectivity index (χ1n) is 5.00. The summed E-state index contributed by atoms with van der Waals surface area (Å²) in [7, 11) is 0. The Morgan fingerprint density at radius 3 is 2.50 bits per heavy atom. The Kier molecular flexibility index (Phi) is 2.89. The fourth-order valence-electron chi connectivity index (χ4n) is 1.62. The van der Waals surface area contributed by atoms with Crippen LogP contribution >= 0.6 is 11.3 Å². The highest BCUT2D eigenvalue weighted by Gasteiger charge is 2.09. The number of nitrogens with zero attached hydrogens (tertiary/aromatic N) is 2. The Balaban J connectivity index is 2.55. The van der Waals surface area contributed by atoms with Crippen LogP contribution in [0.5, 0.6) is 0 Å². The molecular formula is C11H14N4S. The topological polar surface area (TPSA) is 63.8 Å². The van der Waals surface area contributed by atoms with Crippen molar-refractivity contribution in [1.82, 2.24) is 9.97 Å². The van der Waals surface area contributed by atoms with E-state index in [2.05, 4.69) is 35.3 Å². The van der Waals surface area contributed by atoms with Crippen LogP contribution in [0.4, 0.5) is 5.82 Å². The summed E-state index contributed by atoms with van der Waals surface area (Å²) in [6.07, 6.45) is 0. The highest BCUT2D eigenvalue weighted by Crippen LogP contribution is 2.28. The first-order chi connectivity index (χ1) is 7.60. The minimum atomic E-state index is 0.644. The van der Waals surface area contributed by atoms with E-state index in [1.54, 1.807) is 11.3 Å². The maximum Gasteiger partial charge on any atom is 0.162 e. The third-order valence-electron chi connectivity index (χ3n) is 2.28. The second-order valence-corrected chi connectivity index (χ2v) is 5.15. The minimum absolute atomic E-state index is 0.644. The van der Waals surface area contributed by atoms with Crippen molar-refractivity contribution in [3.63, 3.8) is 0 Å². The summed E-state index contributed by atoms with van der Waals surface area (Å²) in [4.78, 5) is 11.3. The zero-order valence-corrected chi connectivity index (χ0v) is 10.4. The number of rotatable bonds is 2. The van der Waals surface area contributed by atoms with E-state index in [1.165, 1.54) is 9.75 Å². The molecule has 0 fully saturated rings. The summed E-state index contributed by atoms with van der Waals surface area (Å²) >= 11 is 1.75. The predicted octanol–water partition coefficient (Wildman–Crippen LogP) is 2.42. The van der Waals surface area contributed by atoms with Crippen molar-refractivity contribution in [2.45, 2.75) is 20.8 Å². The fraction of sp³-hybridized carbons (Fsp3) is 0.273. The molecule has 0 atom stereocenters. The minimum Gasteiger partial charge on any atom is -0.308 e. The van der Waals surface area contributed by atoms with Crippen molar-refractivity contribution in [3.05, 3.63) is 27.6 Å². The van der Waals surface area contributed by atoms with E-state index in [-0.39, 0.29) is 0 Å². The molecule has 0 aliphatic rings. The van der Waals surface area contributed by atoms with Crippen LogP contribution < -0.4 is 11.3 Å². The number of nitrogens with one attached hydrogen (secondary N) is 1. The molecule has 2 heterocycles. The van der Waals surface area contributed by atoms with Gasteiger partial charge in [0.2, 0.25) is 0 Å². The van der Waals surface area contributed by atoms with Gasteiger partial charge in [-0.15, -0.1) is 11.3 Å². The zero-order valence-electron chi connectivity index (χ0n) is 9.53. The van der Waals surface area contributed by atoms with Crippen LogP contribution in [0.1, 0.15) is 15.4 Å². The van der Waals surface area contributed by atoms with Gasteiger partial charge in [0.05, 0.1) is 0 Å². The molecule has 0 saturated carbocycles. The summed E-state index contributed by atoms with van der Waals surface area (Å²) in [6.45, 7) is 6.09. The Bertz CT molecular complexity index is 519. The van der Waals surface area contributed by atoms with Crippen LogP contribution in [0.25, 0.3) is 11.4 Å². The largest absolute Gasteiger partial charge is 0.308 e. The lowest BCUT2D eigenvalue weighted by molar-refractivity contribution is 1.09. The molecule has 0 aromatic carbocycles. The van der Waals surface area contributed by atoms with E-state index in [0.717, 1.165) is 17.1 Å². The Morgan fingerprint density at radius 1 is 1.19 bits per heavy atom. The Morgan fingerprint density at radius 2 is 1.94 bits per heavy atom. The summed E-state index contributed by atoms with van der Waals surface area (Å²) in [6, 6.07) is 3.92. The summed E-state index contributed by atoms with van der Waals surface area (Å²) < 4.78 is 0. The average molecular weight is 234 g/mol. The summed E-state index contributed by atoms with van der Waals surface area (Å²) in [5.41, 5.74) is 4.55. The molecule has 2 aromatic rings. The lowest BCUT2D eigenvalue weighted by Gasteiger charge is -2.04. The van der Waals surface area contributed by atoms with Crippen molar-refractivity contribution in [3.8, 4) is 11.4 Å². The van der Waals surface area contributed by atoms with Gasteiger partial charge in [0.1, 0.15) is 5.82 Å². The molecule has 0 aliphatic carbocycles.